The molecule has 0 unspecified atom stereocenters. The first kappa shape index (κ1) is 17.2. The highest BCUT2D eigenvalue weighted by Crippen LogP contribution is 2.20. The third-order valence-electron chi connectivity index (χ3n) is 3.89. The summed E-state index contributed by atoms with van der Waals surface area (Å²) in [5, 5.41) is 7.36. The third-order valence-corrected chi connectivity index (χ3v) is 4.12. The number of halogens is 1. The van der Waals surface area contributed by atoms with E-state index in [1.54, 1.807) is 6.20 Å². The summed E-state index contributed by atoms with van der Waals surface area (Å²) < 4.78 is 0. The highest BCUT2D eigenvalue weighted by Gasteiger charge is 2.03. The van der Waals surface area contributed by atoms with E-state index in [4.69, 9.17) is 11.6 Å². The number of rotatable bonds is 6. The Balaban J connectivity index is 1.61. The Morgan fingerprint density at radius 3 is 2.72 bits per heavy atom. The van der Waals surface area contributed by atoms with Gasteiger partial charge in [0.25, 0.3) is 0 Å². The Labute approximate surface area is 153 Å². The molecule has 25 heavy (non-hydrogen) atoms. The van der Waals surface area contributed by atoms with Crippen molar-refractivity contribution in [2.24, 2.45) is 0 Å². The lowest BCUT2D eigenvalue weighted by atomic mass is 10.1. The molecule has 5 heteroatoms. The van der Waals surface area contributed by atoms with Crippen molar-refractivity contribution in [3.05, 3.63) is 76.4 Å². The number of nitrogens with one attached hydrogen (secondary N) is 2. The number of hydrogen-bond acceptors (Lipinski definition) is 4. The Bertz CT molecular complexity index is 864. The molecule has 0 amide bonds. The van der Waals surface area contributed by atoms with Crippen molar-refractivity contribution < 1.29 is 0 Å². The zero-order valence-corrected chi connectivity index (χ0v) is 15.1. The van der Waals surface area contributed by atoms with Crippen molar-refractivity contribution >= 4 is 29.1 Å². The molecule has 0 bridgehead atoms. The van der Waals surface area contributed by atoms with Crippen LogP contribution in [0.4, 0.5) is 17.5 Å². The highest BCUT2D eigenvalue weighted by atomic mass is 35.5. The maximum Gasteiger partial charge on any atom is 0.224 e. The zero-order valence-electron chi connectivity index (χ0n) is 14.4. The molecule has 0 saturated carbocycles. The third kappa shape index (κ3) is 4.94. The summed E-state index contributed by atoms with van der Waals surface area (Å²) in [5.41, 5.74) is 4.67. The van der Waals surface area contributed by atoms with E-state index in [0.717, 1.165) is 29.5 Å². The highest BCUT2D eigenvalue weighted by molar-refractivity contribution is 6.30. The second-order valence-electron chi connectivity index (χ2n) is 6.02. The predicted octanol–water partition coefficient (Wildman–Crippen LogP) is 5.15. The zero-order chi connectivity index (χ0) is 17.6. The smallest absolute Gasteiger partial charge is 0.224 e. The van der Waals surface area contributed by atoms with Crippen molar-refractivity contribution in [3.8, 4) is 0 Å². The molecule has 0 spiro atoms. The van der Waals surface area contributed by atoms with Gasteiger partial charge < -0.3 is 10.6 Å². The molecule has 0 fully saturated rings. The van der Waals surface area contributed by atoms with Crippen LogP contribution in [0.15, 0.2) is 54.7 Å². The van der Waals surface area contributed by atoms with Crippen LogP contribution < -0.4 is 10.6 Å². The lowest BCUT2D eigenvalue weighted by Gasteiger charge is -2.11. The van der Waals surface area contributed by atoms with Crippen LogP contribution in [0.1, 0.15) is 16.7 Å². The summed E-state index contributed by atoms with van der Waals surface area (Å²) >= 11 is 6.01. The molecule has 128 valence electrons. The summed E-state index contributed by atoms with van der Waals surface area (Å²) in [4.78, 5) is 8.80. The van der Waals surface area contributed by atoms with Crippen molar-refractivity contribution in [2.75, 3.05) is 17.2 Å². The maximum atomic E-state index is 6.01. The van der Waals surface area contributed by atoms with Gasteiger partial charge in [0, 0.05) is 23.5 Å². The molecular weight excluding hydrogens is 332 g/mol. The molecule has 0 saturated heterocycles. The van der Waals surface area contributed by atoms with Gasteiger partial charge in [-0.25, -0.2) is 4.98 Å². The van der Waals surface area contributed by atoms with Gasteiger partial charge >= 0.3 is 0 Å². The fraction of sp³-hybridized carbons (Fsp3) is 0.200. The first-order valence-corrected chi connectivity index (χ1v) is 8.63. The maximum absolute atomic E-state index is 6.01. The number of aromatic nitrogens is 2. The van der Waals surface area contributed by atoms with Crippen LogP contribution in [0.5, 0.6) is 0 Å². The predicted molar refractivity (Wildman–Crippen MR) is 105 cm³/mol. The van der Waals surface area contributed by atoms with Gasteiger partial charge in [0.15, 0.2) is 0 Å². The van der Waals surface area contributed by atoms with Gasteiger partial charge in [-0.15, -0.1) is 0 Å². The summed E-state index contributed by atoms with van der Waals surface area (Å²) in [6.45, 7) is 4.91. The van der Waals surface area contributed by atoms with E-state index in [1.807, 2.05) is 24.3 Å². The first-order chi connectivity index (χ1) is 12.1. The minimum absolute atomic E-state index is 0.608. The average Bonchev–Trinajstić information content (AvgIpc) is 2.58. The van der Waals surface area contributed by atoms with E-state index in [9.17, 15) is 0 Å². The molecule has 1 heterocycles. The van der Waals surface area contributed by atoms with Gasteiger partial charge in [-0.05, 0) is 55.7 Å². The molecule has 0 radical (unpaired) electrons. The summed E-state index contributed by atoms with van der Waals surface area (Å²) in [6.07, 6.45) is 2.61. The molecule has 2 aromatic carbocycles. The lowest BCUT2D eigenvalue weighted by molar-refractivity contribution is 0.985. The van der Waals surface area contributed by atoms with E-state index in [1.165, 1.54) is 16.7 Å². The average molecular weight is 353 g/mol. The number of anilines is 3. The molecule has 4 nitrogen and oxygen atoms in total. The Morgan fingerprint density at radius 2 is 1.92 bits per heavy atom. The second-order valence-corrected chi connectivity index (χ2v) is 6.45. The van der Waals surface area contributed by atoms with Crippen molar-refractivity contribution in [1.82, 2.24) is 9.97 Å². The largest absolute Gasteiger partial charge is 0.354 e. The molecule has 0 atom stereocenters. The van der Waals surface area contributed by atoms with E-state index < -0.39 is 0 Å². The van der Waals surface area contributed by atoms with E-state index in [0.29, 0.717) is 5.95 Å². The van der Waals surface area contributed by atoms with Crippen LogP contribution in [0.25, 0.3) is 0 Å². The molecule has 0 aliphatic rings. The summed E-state index contributed by atoms with van der Waals surface area (Å²) in [7, 11) is 0. The van der Waals surface area contributed by atoms with E-state index in [-0.39, 0.29) is 0 Å². The van der Waals surface area contributed by atoms with Gasteiger partial charge in [0.2, 0.25) is 5.95 Å². The van der Waals surface area contributed by atoms with Crippen LogP contribution in [0.2, 0.25) is 5.02 Å². The monoisotopic (exact) mass is 352 g/mol. The van der Waals surface area contributed by atoms with Gasteiger partial charge in [-0.2, -0.15) is 4.98 Å². The van der Waals surface area contributed by atoms with Crippen LogP contribution in [-0.2, 0) is 6.42 Å². The molecule has 0 aliphatic heterocycles. The molecule has 1 aromatic heterocycles. The number of benzene rings is 2. The van der Waals surface area contributed by atoms with Crippen LogP contribution in [0, 0.1) is 13.8 Å². The molecular formula is C20H21ClN4. The van der Waals surface area contributed by atoms with Crippen molar-refractivity contribution in [1.29, 1.82) is 0 Å². The number of aryl methyl sites for hydroxylation is 2. The summed E-state index contributed by atoms with van der Waals surface area (Å²) in [6, 6.07) is 16.0. The SMILES string of the molecule is Cc1ccc(Nc2ccnc(NCCc3cccc(Cl)c3)n2)c(C)c1. The number of hydrogen-bond donors (Lipinski definition) is 2. The normalized spacial score (nSPS) is 10.5. The quantitative estimate of drug-likeness (QED) is 0.644. The fourth-order valence-electron chi connectivity index (χ4n) is 2.62. The van der Waals surface area contributed by atoms with Gasteiger partial charge in [-0.3, -0.25) is 0 Å². The van der Waals surface area contributed by atoms with Gasteiger partial charge in [0.05, 0.1) is 0 Å². The molecule has 2 N–H and O–H groups in total. The molecule has 3 aromatic rings. The van der Waals surface area contributed by atoms with Crippen LogP contribution in [-0.4, -0.2) is 16.5 Å². The van der Waals surface area contributed by atoms with E-state index >= 15 is 0 Å². The van der Waals surface area contributed by atoms with Gasteiger partial charge in [0.1, 0.15) is 5.82 Å². The first-order valence-electron chi connectivity index (χ1n) is 8.26. The Morgan fingerprint density at radius 1 is 1.04 bits per heavy atom. The summed E-state index contributed by atoms with van der Waals surface area (Å²) in [5.74, 6) is 1.38. The van der Waals surface area contributed by atoms with Crippen LogP contribution >= 0.6 is 11.6 Å². The fourth-order valence-corrected chi connectivity index (χ4v) is 2.83. The lowest BCUT2D eigenvalue weighted by Crippen LogP contribution is -2.08. The topological polar surface area (TPSA) is 49.8 Å². The molecule has 3 rings (SSSR count). The molecule has 0 aliphatic carbocycles. The Kier molecular flexibility index (Phi) is 5.51. The standard InChI is InChI=1S/C20H21ClN4/c1-14-6-7-18(15(2)12-14)24-19-9-11-23-20(25-19)22-10-8-16-4-3-5-17(21)13-16/h3-7,9,11-13H,8,10H2,1-2H3,(H2,22,23,24,25). The number of nitrogens with zero attached hydrogens (tertiary/aromatic N) is 2. The van der Waals surface area contributed by atoms with Gasteiger partial charge in [-0.1, -0.05) is 41.4 Å². The van der Waals surface area contributed by atoms with Crippen molar-refractivity contribution in [3.63, 3.8) is 0 Å². The van der Waals surface area contributed by atoms with E-state index in [2.05, 4.69) is 58.7 Å². The second kappa shape index (κ2) is 7.99. The minimum atomic E-state index is 0.608. The Hall–Kier alpha value is -2.59. The van der Waals surface area contributed by atoms with Crippen LogP contribution in [0.3, 0.4) is 0 Å². The minimum Gasteiger partial charge on any atom is -0.354 e. The van der Waals surface area contributed by atoms with Crippen molar-refractivity contribution in [2.45, 2.75) is 20.3 Å².